The van der Waals surface area contributed by atoms with Gasteiger partial charge < -0.3 is 14.6 Å². The summed E-state index contributed by atoms with van der Waals surface area (Å²) in [5.41, 5.74) is 0.470. The summed E-state index contributed by atoms with van der Waals surface area (Å²) >= 11 is 0. The first kappa shape index (κ1) is 10.8. The molecule has 0 saturated heterocycles. The van der Waals surface area contributed by atoms with Crippen LogP contribution in [0.4, 0.5) is 0 Å². The standard InChI is InChI=1S/C12H10N2O4/c15-11(16)7-5-6(7)10-13-9(12(17)18)8-3-1-2-4-14(8)10/h1-4,6-7H,5H2,(H,15,16)(H,17,18). The molecule has 2 heterocycles. The monoisotopic (exact) mass is 246 g/mol. The smallest absolute Gasteiger partial charge is 0.356 e. The van der Waals surface area contributed by atoms with Gasteiger partial charge in [0.1, 0.15) is 5.82 Å². The summed E-state index contributed by atoms with van der Waals surface area (Å²) in [6.45, 7) is 0. The highest BCUT2D eigenvalue weighted by Gasteiger charge is 2.47. The van der Waals surface area contributed by atoms with Crippen LogP contribution in [0.5, 0.6) is 0 Å². The molecule has 3 rings (SSSR count). The SMILES string of the molecule is O=C(O)c1nc(C2CC2C(=O)O)n2ccccc12. The number of rotatable bonds is 3. The largest absolute Gasteiger partial charge is 0.481 e. The minimum atomic E-state index is -1.10. The topological polar surface area (TPSA) is 91.9 Å². The van der Waals surface area contributed by atoms with Crippen LogP contribution in [0.15, 0.2) is 24.4 Å². The number of carbonyl (C=O) groups is 2. The molecular formula is C12H10N2O4. The molecule has 1 fully saturated rings. The zero-order chi connectivity index (χ0) is 12.9. The number of hydrogen-bond donors (Lipinski definition) is 2. The first-order valence-electron chi connectivity index (χ1n) is 5.52. The van der Waals surface area contributed by atoms with Crippen LogP contribution in [-0.2, 0) is 4.79 Å². The van der Waals surface area contributed by atoms with Gasteiger partial charge in [-0.2, -0.15) is 0 Å². The molecule has 6 nitrogen and oxygen atoms in total. The summed E-state index contributed by atoms with van der Waals surface area (Å²) in [6, 6.07) is 5.16. The van der Waals surface area contributed by atoms with Gasteiger partial charge in [-0.15, -0.1) is 0 Å². The molecule has 2 N–H and O–H groups in total. The van der Waals surface area contributed by atoms with E-state index >= 15 is 0 Å². The molecule has 2 aromatic heterocycles. The molecule has 92 valence electrons. The normalized spacial score (nSPS) is 22.0. The molecule has 2 atom stereocenters. The van der Waals surface area contributed by atoms with Crippen molar-refractivity contribution >= 4 is 17.5 Å². The van der Waals surface area contributed by atoms with E-state index in [2.05, 4.69) is 4.98 Å². The minimum Gasteiger partial charge on any atom is -0.481 e. The molecule has 6 heteroatoms. The summed E-state index contributed by atoms with van der Waals surface area (Å²) in [4.78, 5) is 26.0. The molecule has 18 heavy (non-hydrogen) atoms. The maximum absolute atomic E-state index is 11.1. The summed E-state index contributed by atoms with van der Waals surface area (Å²) in [7, 11) is 0. The van der Waals surface area contributed by atoms with Crippen molar-refractivity contribution in [1.82, 2.24) is 9.38 Å². The zero-order valence-corrected chi connectivity index (χ0v) is 9.28. The van der Waals surface area contributed by atoms with Gasteiger partial charge in [-0.25, -0.2) is 9.78 Å². The molecule has 0 aromatic carbocycles. The molecule has 1 aliphatic rings. The highest BCUT2D eigenvalue weighted by molar-refractivity contribution is 5.93. The highest BCUT2D eigenvalue weighted by atomic mass is 16.4. The number of carboxylic acid groups (broad SMARTS) is 2. The number of fused-ring (bicyclic) bond motifs is 1. The van der Waals surface area contributed by atoms with Crippen LogP contribution in [0, 0.1) is 5.92 Å². The Labute approximate surface area is 101 Å². The van der Waals surface area contributed by atoms with E-state index in [9.17, 15) is 9.59 Å². The van der Waals surface area contributed by atoms with E-state index in [4.69, 9.17) is 10.2 Å². The Kier molecular flexibility index (Phi) is 2.13. The maximum Gasteiger partial charge on any atom is 0.356 e. The van der Waals surface area contributed by atoms with E-state index in [-0.39, 0.29) is 11.6 Å². The molecule has 2 unspecified atom stereocenters. The van der Waals surface area contributed by atoms with Gasteiger partial charge in [0, 0.05) is 12.1 Å². The fraction of sp³-hybridized carbons (Fsp3) is 0.250. The van der Waals surface area contributed by atoms with Crippen LogP contribution in [0.3, 0.4) is 0 Å². The molecule has 0 amide bonds. The molecule has 1 aliphatic carbocycles. The number of aliphatic carboxylic acids is 1. The Morgan fingerprint density at radius 3 is 2.72 bits per heavy atom. The van der Waals surface area contributed by atoms with E-state index in [0.29, 0.717) is 17.8 Å². The maximum atomic E-state index is 11.1. The summed E-state index contributed by atoms with van der Waals surface area (Å²) < 4.78 is 1.66. The Morgan fingerprint density at radius 2 is 2.11 bits per heavy atom. The number of nitrogens with zero attached hydrogens (tertiary/aromatic N) is 2. The third-order valence-corrected chi connectivity index (χ3v) is 3.22. The van der Waals surface area contributed by atoms with Crippen molar-refractivity contribution in [3.05, 3.63) is 35.9 Å². The molecule has 0 spiro atoms. The third kappa shape index (κ3) is 1.46. The van der Waals surface area contributed by atoms with Crippen LogP contribution in [0.25, 0.3) is 5.52 Å². The van der Waals surface area contributed by atoms with E-state index in [1.54, 1.807) is 28.8 Å². The number of pyridine rings is 1. The number of aromatic nitrogens is 2. The second kappa shape index (κ2) is 3.56. The van der Waals surface area contributed by atoms with Crippen molar-refractivity contribution < 1.29 is 19.8 Å². The fourth-order valence-electron chi connectivity index (χ4n) is 2.23. The lowest BCUT2D eigenvalue weighted by molar-refractivity contribution is -0.138. The molecule has 2 aromatic rings. The van der Waals surface area contributed by atoms with Gasteiger partial charge in [-0.05, 0) is 18.6 Å². The Morgan fingerprint density at radius 1 is 1.33 bits per heavy atom. The number of hydrogen-bond acceptors (Lipinski definition) is 3. The fourth-order valence-corrected chi connectivity index (χ4v) is 2.23. The molecule has 0 radical (unpaired) electrons. The van der Waals surface area contributed by atoms with Gasteiger partial charge >= 0.3 is 11.9 Å². The Balaban J connectivity index is 2.13. The lowest BCUT2D eigenvalue weighted by Crippen LogP contribution is -2.01. The van der Waals surface area contributed by atoms with Gasteiger partial charge in [0.15, 0.2) is 5.69 Å². The predicted molar refractivity (Wildman–Crippen MR) is 60.6 cm³/mol. The minimum absolute atomic E-state index is 0.0263. The summed E-state index contributed by atoms with van der Waals surface area (Å²) in [5.74, 6) is -2.07. The van der Waals surface area contributed by atoms with Crippen LogP contribution in [0.1, 0.15) is 28.7 Å². The lowest BCUT2D eigenvalue weighted by atomic mass is 10.3. The first-order chi connectivity index (χ1) is 8.59. The van der Waals surface area contributed by atoms with E-state index in [1.807, 2.05) is 0 Å². The van der Waals surface area contributed by atoms with Crippen molar-refractivity contribution in [3.63, 3.8) is 0 Å². The van der Waals surface area contributed by atoms with Crippen molar-refractivity contribution in [2.45, 2.75) is 12.3 Å². The van der Waals surface area contributed by atoms with Gasteiger partial charge in [0.2, 0.25) is 0 Å². The number of carboxylic acids is 2. The van der Waals surface area contributed by atoms with E-state index in [1.165, 1.54) is 0 Å². The Hall–Kier alpha value is -2.37. The van der Waals surface area contributed by atoms with E-state index in [0.717, 1.165) is 0 Å². The van der Waals surface area contributed by atoms with Crippen LogP contribution in [-0.4, -0.2) is 31.5 Å². The van der Waals surface area contributed by atoms with Crippen LogP contribution in [0.2, 0.25) is 0 Å². The third-order valence-electron chi connectivity index (χ3n) is 3.22. The summed E-state index contributed by atoms with van der Waals surface area (Å²) in [6.07, 6.45) is 2.23. The molecule has 1 saturated carbocycles. The van der Waals surface area contributed by atoms with Crippen molar-refractivity contribution in [1.29, 1.82) is 0 Å². The highest BCUT2D eigenvalue weighted by Crippen LogP contribution is 2.47. The van der Waals surface area contributed by atoms with Crippen LogP contribution >= 0.6 is 0 Å². The second-order valence-electron chi connectivity index (χ2n) is 4.37. The zero-order valence-electron chi connectivity index (χ0n) is 9.28. The average Bonchev–Trinajstić information content (AvgIpc) is 3.03. The van der Waals surface area contributed by atoms with Gasteiger partial charge in [0.25, 0.3) is 0 Å². The first-order valence-corrected chi connectivity index (χ1v) is 5.52. The lowest BCUT2D eigenvalue weighted by Gasteiger charge is -1.98. The number of imidazole rings is 1. The van der Waals surface area contributed by atoms with Crippen molar-refractivity contribution in [3.8, 4) is 0 Å². The average molecular weight is 246 g/mol. The van der Waals surface area contributed by atoms with Gasteiger partial charge in [0.05, 0.1) is 11.4 Å². The van der Waals surface area contributed by atoms with Gasteiger partial charge in [-0.3, -0.25) is 4.79 Å². The summed E-state index contributed by atoms with van der Waals surface area (Å²) in [5, 5.41) is 18.0. The molecular weight excluding hydrogens is 236 g/mol. The number of aromatic carboxylic acids is 1. The van der Waals surface area contributed by atoms with Crippen LogP contribution < -0.4 is 0 Å². The second-order valence-corrected chi connectivity index (χ2v) is 4.37. The van der Waals surface area contributed by atoms with E-state index < -0.39 is 17.9 Å². The van der Waals surface area contributed by atoms with Crippen molar-refractivity contribution in [2.75, 3.05) is 0 Å². The molecule has 0 bridgehead atoms. The Bertz CT molecular complexity index is 661. The molecule has 0 aliphatic heterocycles. The quantitative estimate of drug-likeness (QED) is 0.849. The predicted octanol–water partition coefficient (Wildman–Crippen LogP) is 1.22. The van der Waals surface area contributed by atoms with Crippen molar-refractivity contribution in [2.24, 2.45) is 5.92 Å². The van der Waals surface area contributed by atoms with Gasteiger partial charge in [-0.1, -0.05) is 6.07 Å².